The molecule has 1 saturated carbocycles. The molecule has 5 nitrogen and oxygen atoms in total. The van der Waals surface area contributed by atoms with Gasteiger partial charge in [-0.15, -0.1) is 0 Å². The zero-order chi connectivity index (χ0) is 12.3. The van der Waals surface area contributed by atoms with E-state index in [2.05, 4.69) is 0 Å². The van der Waals surface area contributed by atoms with Crippen LogP contribution in [0.1, 0.15) is 44.9 Å². The zero-order valence-electron chi connectivity index (χ0n) is 9.98. The molecule has 1 N–H and O–H groups in total. The fraction of sp³-hybridized carbons (Fsp3) is 0.833. The minimum Gasteiger partial charge on any atom is -0.479 e. The molecule has 2 fully saturated rings. The van der Waals surface area contributed by atoms with E-state index in [1.807, 2.05) is 0 Å². The van der Waals surface area contributed by atoms with Crippen LogP contribution in [0.3, 0.4) is 0 Å². The molecule has 0 aromatic rings. The number of carboxylic acid groups (broad SMARTS) is 1. The number of carbonyl (C=O) groups excluding carboxylic acids is 1. The van der Waals surface area contributed by atoms with Gasteiger partial charge < -0.3 is 9.84 Å². The van der Waals surface area contributed by atoms with Gasteiger partial charge in [0, 0.05) is 0 Å². The lowest BCUT2D eigenvalue weighted by molar-refractivity contribution is -0.150. The van der Waals surface area contributed by atoms with Gasteiger partial charge in [0.1, 0.15) is 12.1 Å². The summed E-state index contributed by atoms with van der Waals surface area (Å²) in [7, 11) is 0. The Bertz CT molecular complexity index is 308. The van der Waals surface area contributed by atoms with Gasteiger partial charge >= 0.3 is 12.1 Å². The SMILES string of the molecule is O=C1OCCN1C1(C(=O)O)CCCCCCC1. The Labute approximate surface area is 101 Å². The second kappa shape index (κ2) is 4.94. The van der Waals surface area contributed by atoms with Crippen LogP contribution in [0.2, 0.25) is 0 Å². The van der Waals surface area contributed by atoms with Gasteiger partial charge in [0.05, 0.1) is 6.54 Å². The Balaban J connectivity index is 2.22. The van der Waals surface area contributed by atoms with Crippen LogP contribution < -0.4 is 0 Å². The van der Waals surface area contributed by atoms with E-state index in [0.29, 0.717) is 26.0 Å². The molecule has 17 heavy (non-hydrogen) atoms. The highest BCUT2D eigenvalue weighted by atomic mass is 16.6. The molecule has 0 aromatic heterocycles. The number of ether oxygens (including phenoxy) is 1. The highest BCUT2D eigenvalue weighted by Crippen LogP contribution is 2.34. The first kappa shape index (κ1) is 12.2. The lowest BCUT2D eigenvalue weighted by Gasteiger charge is -2.37. The topological polar surface area (TPSA) is 66.8 Å². The summed E-state index contributed by atoms with van der Waals surface area (Å²) in [5.41, 5.74) is -1.02. The van der Waals surface area contributed by atoms with Crippen LogP contribution in [0.15, 0.2) is 0 Å². The van der Waals surface area contributed by atoms with Crippen molar-refractivity contribution in [2.24, 2.45) is 0 Å². The van der Waals surface area contributed by atoms with Gasteiger partial charge in [-0.25, -0.2) is 9.59 Å². The second-order valence-electron chi connectivity index (χ2n) is 4.87. The number of nitrogens with zero attached hydrogens (tertiary/aromatic N) is 1. The van der Waals surface area contributed by atoms with Crippen molar-refractivity contribution in [3.63, 3.8) is 0 Å². The Morgan fingerprint density at radius 1 is 1.18 bits per heavy atom. The van der Waals surface area contributed by atoms with E-state index >= 15 is 0 Å². The summed E-state index contributed by atoms with van der Waals surface area (Å²) in [5, 5.41) is 9.53. The molecule has 1 saturated heterocycles. The zero-order valence-corrected chi connectivity index (χ0v) is 9.98. The molecule has 1 aliphatic carbocycles. The highest BCUT2D eigenvalue weighted by Gasteiger charge is 2.48. The number of cyclic esters (lactones) is 1. The van der Waals surface area contributed by atoms with Crippen molar-refractivity contribution in [2.45, 2.75) is 50.5 Å². The standard InChI is InChI=1S/C12H19NO4/c14-10(15)12(13-8-9-17-11(13)16)6-4-2-1-3-5-7-12/h1-9H2,(H,14,15). The van der Waals surface area contributed by atoms with Gasteiger partial charge in [0.25, 0.3) is 0 Å². The fourth-order valence-corrected chi connectivity index (χ4v) is 2.87. The smallest absolute Gasteiger partial charge is 0.410 e. The van der Waals surface area contributed by atoms with Crippen LogP contribution in [0, 0.1) is 0 Å². The first-order valence-corrected chi connectivity index (χ1v) is 6.35. The second-order valence-corrected chi connectivity index (χ2v) is 4.87. The number of rotatable bonds is 2. The minimum absolute atomic E-state index is 0.313. The fourth-order valence-electron chi connectivity index (χ4n) is 2.87. The molecule has 0 aromatic carbocycles. The highest BCUT2D eigenvalue weighted by molar-refractivity contribution is 5.85. The largest absolute Gasteiger partial charge is 0.479 e. The molecule has 5 heteroatoms. The summed E-state index contributed by atoms with van der Waals surface area (Å²) in [6.07, 6.45) is 5.66. The number of carbonyl (C=O) groups is 2. The average molecular weight is 241 g/mol. The summed E-state index contributed by atoms with van der Waals surface area (Å²) in [4.78, 5) is 24.7. The Kier molecular flexibility index (Phi) is 3.54. The predicted molar refractivity (Wildman–Crippen MR) is 60.7 cm³/mol. The van der Waals surface area contributed by atoms with Gasteiger partial charge in [-0.05, 0) is 12.8 Å². The van der Waals surface area contributed by atoms with Gasteiger partial charge in [-0.1, -0.05) is 32.1 Å². The van der Waals surface area contributed by atoms with E-state index in [1.54, 1.807) is 0 Å². The van der Waals surface area contributed by atoms with Crippen molar-refractivity contribution < 1.29 is 19.4 Å². The maximum absolute atomic E-state index is 11.6. The number of amides is 1. The third-order valence-electron chi connectivity index (χ3n) is 3.86. The van der Waals surface area contributed by atoms with Crippen molar-refractivity contribution in [3.8, 4) is 0 Å². The van der Waals surface area contributed by atoms with Crippen LogP contribution in [-0.2, 0) is 9.53 Å². The normalized spacial score (nSPS) is 24.9. The molecule has 1 aliphatic heterocycles. The van der Waals surface area contributed by atoms with E-state index in [-0.39, 0.29) is 0 Å². The number of carboxylic acids is 1. The summed E-state index contributed by atoms with van der Waals surface area (Å²) in [6, 6.07) is 0. The molecule has 1 amide bonds. The Morgan fingerprint density at radius 2 is 1.76 bits per heavy atom. The lowest BCUT2D eigenvalue weighted by Crippen LogP contribution is -2.55. The van der Waals surface area contributed by atoms with Crippen molar-refractivity contribution in [3.05, 3.63) is 0 Å². The number of hydrogen-bond donors (Lipinski definition) is 1. The third-order valence-corrected chi connectivity index (χ3v) is 3.86. The van der Waals surface area contributed by atoms with Crippen molar-refractivity contribution in [2.75, 3.05) is 13.2 Å². The monoisotopic (exact) mass is 241 g/mol. The Morgan fingerprint density at radius 3 is 2.24 bits per heavy atom. The van der Waals surface area contributed by atoms with Crippen LogP contribution in [0.25, 0.3) is 0 Å². The molecule has 96 valence electrons. The molecule has 0 atom stereocenters. The third kappa shape index (κ3) is 2.23. The molecule has 1 heterocycles. The first-order chi connectivity index (χ1) is 8.17. The number of hydrogen-bond acceptors (Lipinski definition) is 3. The molecule has 0 bridgehead atoms. The molecule has 0 radical (unpaired) electrons. The molecule has 0 spiro atoms. The quantitative estimate of drug-likeness (QED) is 0.803. The molecular weight excluding hydrogens is 222 g/mol. The Hall–Kier alpha value is -1.26. The van der Waals surface area contributed by atoms with Crippen molar-refractivity contribution >= 4 is 12.1 Å². The summed E-state index contributed by atoms with van der Waals surface area (Å²) < 4.78 is 4.89. The summed E-state index contributed by atoms with van der Waals surface area (Å²) in [6.45, 7) is 0.721. The van der Waals surface area contributed by atoms with Gasteiger partial charge in [-0.2, -0.15) is 0 Å². The predicted octanol–water partition coefficient (Wildman–Crippen LogP) is 2.01. The summed E-state index contributed by atoms with van der Waals surface area (Å²) in [5.74, 6) is -0.877. The molecule has 2 aliphatic rings. The average Bonchev–Trinajstić information content (AvgIpc) is 2.65. The van der Waals surface area contributed by atoms with E-state index in [4.69, 9.17) is 4.74 Å². The van der Waals surface area contributed by atoms with Crippen LogP contribution >= 0.6 is 0 Å². The maximum atomic E-state index is 11.6. The summed E-state index contributed by atoms with van der Waals surface area (Å²) >= 11 is 0. The maximum Gasteiger partial charge on any atom is 0.410 e. The van der Waals surface area contributed by atoms with Gasteiger partial charge in [-0.3, -0.25) is 4.90 Å². The van der Waals surface area contributed by atoms with E-state index in [0.717, 1.165) is 25.7 Å². The molecule has 0 unspecified atom stereocenters. The first-order valence-electron chi connectivity index (χ1n) is 6.35. The van der Waals surface area contributed by atoms with E-state index < -0.39 is 17.6 Å². The molecule has 2 rings (SSSR count). The molecular formula is C12H19NO4. The van der Waals surface area contributed by atoms with E-state index in [9.17, 15) is 14.7 Å². The van der Waals surface area contributed by atoms with Crippen LogP contribution in [-0.4, -0.2) is 40.8 Å². The van der Waals surface area contributed by atoms with Gasteiger partial charge in [0.15, 0.2) is 0 Å². The lowest BCUT2D eigenvalue weighted by atomic mass is 9.82. The van der Waals surface area contributed by atoms with Crippen molar-refractivity contribution in [1.29, 1.82) is 0 Å². The van der Waals surface area contributed by atoms with Gasteiger partial charge in [0.2, 0.25) is 0 Å². The van der Waals surface area contributed by atoms with E-state index in [1.165, 1.54) is 11.3 Å². The van der Waals surface area contributed by atoms with Crippen LogP contribution in [0.4, 0.5) is 4.79 Å². The number of aliphatic carboxylic acids is 1. The van der Waals surface area contributed by atoms with Crippen molar-refractivity contribution in [1.82, 2.24) is 4.90 Å². The minimum atomic E-state index is -1.02. The van der Waals surface area contributed by atoms with Crippen LogP contribution in [0.5, 0.6) is 0 Å².